The third-order valence-corrected chi connectivity index (χ3v) is 3.13. The van der Waals surface area contributed by atoms with Crippen LogP contribution < -0.4 is 5.32 Å². The van der Waals surface area contributed by atoms with Crippen molar-refractivity contribution >= 4 is 0 Å². The van der Waals surface area contributed by atoms with E-state index < -0.39 is 5.79 Å². The standard InChI is InChI=1S/C12H25NO2/c1-9(2)10(3)6-13-11-7-14-12(4,5)15-8-11/h9-11,13H,6-8H2,1-5H3. The minimum Gasteiger partial charge on any atom is -0.349 e. The van der Waals surface area contributed by atoms with Gasteiger partial charge in [-0.25, -0.2) is 0 Å². The monoisotopic (exact) mass is 215 g/mol. The molecule has 0 amide bonds. The maximum Gasteiger partial charge on any atom is 0.162 e. The van der Waals surface area contributed by atoms with Crippen LogP contribution in [-0.2, 0) is 9.47 Å². The molecule has 1 fully saturated rings. The lowest BCUT2D eigenvalue weighted by molar-refractivity contribution is -0.253. The van der Waals surface area contributed by atoms with Crippen molar-refractivity contribution in [2.75, 3.05) is 19.8 Å². The fourth-order valence-electron chi connectivity index (χ4n) is 1.40. The van der Waals surface area contributed by atoms with Gasteiger partial charge in [0.15, 0.2) is 5.79 Å². The quantitative estimate of drug-likeness (QED) is 0.778. The normalized spacial score (nSPS) is 24.4. The lowest BCUT2D eigenvalue weighted by atomic mass is 9.98. The molecule has 3 heteroatoms. The summed E-state index contributed by atoms with van der Waals surface area (Å²) in [6, 6.07) is 0.347. The molecule has 1 N–H and O–H groups in total. The molecule has 0 aromatic rings. The van der Waals surface area contributed by atoms with Crippen molar-refractivity contribution in [3.05, 3.63) is 0 Å². The first kappa shape index (κ1) is 12.9. The zero-order chi connectivity index (χ0) is 11.5. The van der Waals surface area contributed by atoms with Gasteiger partial charge in [0, 0.05) is 0 Å². The molecule has 90 valence electrons. The Kier molecular flexibility index (Phi) is 4.56. The summed E-state index contributed by atoms with van der Waals surface area (Å²) in [5.41, 5.74) is 0. The highest BCUT2D eigenvalue weighted by molar-refractivity contribution is 4.74. The predicted octanol–water partition coefficient (Wildman–Crippen LogP) is 2.02. The van der Waals surface area contributed by atoms with Crippen molar-refractivity contribution in [1.29, 1.82) is 0 Å². The first-order valence-electron chi connectivity index (χ1n) is 5.92. The molecule has 15 heavy (non-hydrogen) atoms. The summed E-state index contributed by atoms with van der Waals surface area (Å²) in [5.74, 6) is 1.02. The van der Waals surface area contributed by atoms with E-state index in [-0.39, 0.29) is 0 Å². The summed E-state index contributed by atoms with van der Waals surface area (Å²) < 4.78 is 11.2. The number of rotatable bonds is 4. The highest BCUT2D eigenvalue weighted by Crippen LogP contribution is 2.17. The summed E-state index contributed by atoms with van der Waals surface area (Å²) >= 11 is 0. The molecular formula is C12H25NO2. The van der Waals surface area contributed by atoms with Crippen molar-refractivity contribution in [1.82, 2.24) is 5.32 Å². The Hall–Kier alpha value is -0.120. The Balaban J connectivity index is 2.19. The molecule has 1 aliphatic rings. The Morgan fingerprint density at radius 3 is 2.20 bits per heavy atom. The van der Waals surface area contributed by atoms with E-state index in [0.717, 1.165) is 25.7 Å². The van der Waals surface area contributed by atoms with Gasteiger partial charge in [-0.1, -0.05) is 20.8 Å². The van der Waals surface area contributed by atoms with Crippen molar-refractivity contribution in [3.8, 4) is 0 Å². The van der Waals surface area contributed by atoms with Crippen LogP contribution in [0.5, 0.6) is 0 Å². The lowest BCUT2D eigenvalue weighted by Gasteiger charge is -2.35. The van der Waals surface area contributed by atoms with Crippen LogP contribution in [0.1, 0.15) is 34.6 Å². The van der Waals surface area contributed by atoms with Crippen molar-refractivity contribution < 1.29 is 9.47 Å². The maximum atomic E-state index is 5.59. The maximum absolute atomic E-state index is 5.59. The second-order valence-electron chi connectivity index (χ2n) is 5.35. The molecular weight excluding hydrogens is 190 g/mol. The Bertz CT molecular complexity index is 182. The van der Waals surface area contributed by atoms with E-state index in [4.69, 9.17) is 9.47 Å². The van der Waals surface area contributed by atoms with E-state index in [9.17, 15) is 0 Å². The van der Waals surface area contributed by atoms with Crippen LogP contribution in [0.4, 0.5) is 0 Å². The number of hydrogen-bond acceptors (Lipinski definition) is 3. The molecule has 3 nitrogen and oxygen atoms in total. The molecule has 0 saturated carbocycles. The van der Waals surface area contributed by atoms with Gasteiger partial charge in [0.05, 0.1) is 19.3 Å². The molecule has 1 unspecified atom stereocenters. The van der Waals surface area contributed by atoms with Gasteiger partial charge in [-0.2, -0.15) is 0 Å². The summed E-state index contributed by atoms with van der Waals surface area (Å²) in [6.07, 6.45) is 0. The Labute approximate surface area is 93.5 Å². The fourth-order valence-corrected chi connectivity index (χ4v) is 1.40. The molecule has 0 bridgehead atoms. The number of ether oxygens (including phenoxy) is 2. The minimum absolute atomic E-state index is 0.347. The molecule has 0 aliphatic carbocycles. The Morgan fingerprint density at radius 2 is 1.73 bits per heavy atom. The molecule has 1 aliphatic heterocycles. The molecule has 0 radical (unpaired) electrons. The van der Waals surface area contributed by atoms with Crippen LogP contribution in [0.3, 0.4) is 0 Å². The molecule has 1 heterocycles. The van der Waals surface area contributed by atoms with Crippen molar-refractivity contribution in [2.24, 2.45) is 11.8 Å². The van der Waals surface area contributed by atoms with Gasteiger partial charge in [0.25, 0.3) is 0 Å². The number of hydrogen-bond donors (Lipinski definition) is 1. The van der Waals surface area contributed by atoms with Gasteiger partial charge < -0.3 is 14.8 Å². The second kappa shape index (κ2) is 5.28. The zero-order valence-corrected chi connectivity index (χ0v) is 10.7. The third kappa shape index (κ3) is 4.49. The summed E-state index contributed by atoms with van der Waals surface area (Å²) in [6.45, 7) is 13.2. The van der Waals surface area contributed by atoms with Gasteiger partial charge >= 0.3 is 0 Å². The van der Waals surface area contributed by atoms with Crippen LogP contribution in [0.25, 0.3) is 0 Å². The van der Waals surface area contributed by atoms with E-state index in [0.29, 0.717) is 12.0 Å². The summed E-state index contributed by atoms with van der Waals surface area (Å²) in [7, 11) is 0. The fraction of sp³-hybridized carbons (Fsp3) is 1.00. The molecule has 1 saturated heterocycles. The van der Waals surface area contributed by atoms with Gasteiger partial charge in [-0.15, -0.1) is 0 Å². The minimum atomic E-state index is -0.401. The van der Waals surface area contributed by atoms with Crippen LogP contribution in [0.2, 0.25) is 0 Å². The van der Waals surface area contributed by atoms with E-state index >= 15 is 0 Å². The number of nitrogens with one attached hydrogen (secondary N) is 1. The van der Waals surface area contributed by atoms with Crippen LogP contribution in [0.15, 0.2) is 0 Å². The average Bonchev–Trinajstić information content (AvgIpc) is 2.15. The van der Waals surface area contributed by atoms with E-state index in [1.54, 1.807) is 0 Å². The van der Waals surface area contributed by atoms with Crippen LogP contribution in [0, 0.1) is 11.8 Å². The van der Waals surface area contributed by atoms with E-state index in [1.165, 1.54) is 0 Å². The first-order chi connectivity index (χ1) is 6.91. The molecule has 0 spiro atoms. The topological polar surface area (TPSA) is 30.5 Å². The molecule has 0 aromatic heterocycles. The highest BCUT2D eigenvalue weighted by atomic mass is 16.7. The average molecular weight is 215 g/mol. The predicted molar refractivity (Wildman–Crippen MR) is 61.8 cm³/mol. The molecule has 1 atom stereocenters. The van der Waals surface area contributed by atoms with Gasteiger partial charge in [0.2, 0.25) is 0 Å². The second-order valence-corrected chi connectivity index (χ2v) is 5.35. The largest absolute Gasteiger partial charge is 0.349 e. The molecule has 1 rings (SSSR count). The summed E-state index contributed by atoms with van der Waals surface area (Å²) in [5, 5.41) is 3.49. The molecule has 0 aromatic carbocycles. The van der Waals surface area contributed by atoms with Crippen LogP contribution >= 0.6 is 0 Å². The van der Waals surface area contributed by atoms with Crippen molar-refractivity contribution in [3.63, 3.8) is 0 Å². The van der Waals surface area contributed by atoms with Crippen LogP contribution in [-0.4, -0.2) is 31.6 Å². The summed E-state index contributed by atoms with van der Waals surface area (Å²) in [4.78, 5) is 0. The Morgan fingerprint density at radius 1 is 1.20 bits per heavy atom. The van der Waals surface area contributed by atoms with Gasteiger partial charge in [-0.05, 0) is 32.2 Å². The highest BCUT2D eigenvalue weighted by Gasteiger charge is 2.28. The zero-order valence-electron chi connectivity index (χ0n) is 10.7. The first-order valence-corrected chi connectivity index (χ1v) is 5.92. The smallest absolute Gasteiger partial charge is 0.162 e. The van der Waals surface area contributed by atoms with E-state index in [2.05, 4.69) is 26.1 Å². The SMILES string of the molecule is CC(C)C(C)CNC1COC(C)(C)OC1. The lowest BCUT2D eigenvalue weighted by Crippen LogP contribution is -2.49. The van der Waals surface area contributed by atoms with Gasteiger partial charge in [-0.3, -0.25) is 0 Å². The van der Waals surface area contributed by atoms with Crippen molar-refractivity contribution in [2.45, 2.75) is 46.4 Å². The van der Waals surface area contributed by atoms with Gasteiger partial charge in [0.1, 0.15) is 0 Å². The van der Waals surface area contributed by atoms with E-state index in [1.807, 2.05) is 13.8 Å². The third-order valence-electron chi connectivity index (χ3n) is 3.13.